The van der Waals surface area contributed by atoms with Crippen LogP contribution in [0.15, 0.2) is 18.5 Å². The molecule has 0 saturated carbocycles. The van der Waals surface area contributed by atoms with Gasteiger partial charge in [-0.15, -0.1) is 0 Å². The summed E-state index contributed by atoms with van der Waals surface area (Å²) in [5.41, 5.74) is 0. The maximum Gasteiger partial charge on any atom is 0.139 e. The number of hydrogen-bond donors (Lipinski definition) is 0. The Hall–Kier alpha value is -0.800. The zero-order valence-electron chi connectivity index (χ0n) is 10.2. The van der Waals surface area contributed by atoms with Gasteiger partial charge in [0.25, 0.3) is 0 Å². The Morgan fingerprint density at radius 1 is 1.47 bits per heavy atom. The predicted octanol–water partition coefficient (Wildman–Crippen LogP) is 2.99. The monoisotopic (exact) mass is 254 g/mol. The first-order valence-electron chi connectivity index (χ1n) is 6.23. The Kier molecular flexibility index (Phi) is 4.63. The van der Waals surface area contributed by atoms with Crippen molar-refractivity contribution in [3.8, 4) is 5.75 Å². The van der Waals surface area contributed by atoms with E-state index in [2.05, 4.69) is 16.8 Å². The summed E-state index contributed by atoms with van der Waals surface area (Å²) in [5, 5.41) is 0.619. The summed E-state index contributed by atoms with van der Waals surface area (Å²) < 4.78 is 5.65. The van der Waals surface area contributed by atoms with Crippen molar-refractivity contribution in [2.75, 3.05) is 19.7 Å². The zero-order valence-corrected chi connectivity index (χ0v) is 11.0. The zero-order chi connectivity index (χ0) is 12.1. The summed E-state index contributed by atoms with van der Waals surface area (Å²) >= 11 is 5.84. The van der Waals surface area contributed by atoms with Crippen molar-refractivity contribution in [2.45, 2.75) is 32.2 Å². The van der Waals surface area contributed by atoms with Gasteiger partial charge in [-0.1, -0.05) is 18.0 Å². The third-order valence-electron chi connectivity index (χ3n) is 3.27. The van der Waals surface area contributed by atoms with Crippen LogP contribution < -0.4 is 4.74 Å². The van der Waals surface area contributed by atoms with Gasteiger partial charge in [-0.25, -0.2) is 0 Å². The number of pyridine rings is 1. The second kappa shape index (κ2) is 6.22. The fraction of sp³-hybridized carbons (Fsp3) is 0.615. The first kappa shape index (κ1) is 12.7. The highest BCUT2D eigenvalue weighted by atomic mass is 35.5. The number of hydrogen-bond acceptors (Lipinski definition) is 3. The summed E-state index contributed by atoms with van der Waals surface area (Å²) in [6.45, 7) is 5.17. The van der Waals surface area contributed by atoms with Crippen LogP contribution in [-0.2, 0) is 0 Å². The van der Waals surface area contributed by atoms with E-state index in [1.54, 1.807) is 18.5 Å². The highest BCUT2D eigenvalue weighted by Crippen LogP contribution is 2.17. The molecule has 17 heavy (non-hydrogen) atoms. The molecule has 94 valence electrons. The molecule has 0 spiro atoms. The maximum absolute atomic E-state index is 5.84. The SMILES string of the molecule is CC1CCCCN1CCOc1cncc(Cl)c1. The van der Waals surface area contributed by atoms with E-state index >= 15 is 0 Å². The molecule has 2 rings (SSSR count). The number of rotatable bonds is 4. The van der Waals surface area contributed by atoms with E-state index in [1.807, 2.05) is 0 Å². The molecule has 1 fully saturated rings. The molecule has 1 aromatic heterocycles. The predicted molar refractivity (Wildman–Crippen MR) is 69.6 cm³/mol. The Balaban J connectivity index is 1.75. The van der Waals surface area contributed by atoms with Crippen LogP contribution in [0.1, 0.15) is 26.2 Å². The molecule has 2 heterocycles. The molecule has 1 atom stereocenters. The van der Waals surface area contributed by atoms with Gasteiger partial charge in [0.05, 0.1) is 11.2 Å². The fourth-order valence-electron chi connectivity index (χ4n) is 2.24. The molecule has 1 aromatic rings. The lowest BCUT2D eigenvalue weighted by atomic mass is 10.0. The minimum absolute atomic E-state index is 0.619. The molecular formula is C13H19ClN2O. The van der Waals surface area contributed by atoms with Gasteiger partial charge in [0, 0.05) is 24.8 Å². The Morgan fingerprint density at radius 3 is 3.12 bits per heavy atom. The molecule has 1 aliphatic rings. The lowest BCUT2D eigenvalue weighted by Crippen LogP contribution is -2.39. The fourth-order valence-corrected chi connectivity index (χ4v) is 2.41. The molecule has 0 radical (unpaired) electrons. The average molecular weight is 255 g/mol. The van der Waals surface area contributed by atoms with E-state index in [0.29, 0.717) is 17.7 Å². The van der Waals surface area contributed by atoms with Crippen molar-refractivity contribution in [1.29, 1.82) is 0 Å². The molecule has 0 aliphatic carbocycles. The number of aromatic nitrogens is 1. The van der Waals surface area contributed by atoms with Crippen LogP contribution in [-0.4, -0.2) is 35.6 Å². The molecule has 3 nitrogen and oxygen atoms in total. The molecule has 1 unspecified atom stereocenters. The van der Waals surface area contributed by atoms with E-state index in [0.717, 1.165) is 12.3 Å². The van der Waals surface area contributed by atoms with Crippen molar-refractivity contribution < 1.29 is 4.74 Å². The first-order chi connectivity index (χ1) is 8.25. The second-order valence-electron chi connectivity index (χ2n) is 4.57. The number of ether oxygens (including phenoxy) is 1. The lowest BCUT2D eigenvalue weighted by Gasteiger charge is -2.33. The van der Waals surface area contributed by atoms with Gasteiger partial charge >= 0.3 is 0 Å². The molecule has 1 saturated heterocycles. The molecule has 0 amide bonds. The summed E-state index contributed by atoms with van der Waals surface area (Å²) in [6.07, 6.45) is 7.28. The van der Waals surface area contributed by atoms with E-state index in [-0.39, 0.29) is 0 Å². The number of halogens is 1. The molecule has 0 aromatic carbocycles. The molecule has 4 heteroatoms. The summed E-state index contributed by atoms with van der Waals surface area (Å²) in [5.74, 6) is 0.752. The van der Waals surface area contributed by atoms with Crippen molar-refractivity contribution in [3.63, 3.8) is 0 Å². The van der Waals surface area contributed by atoms with E-state index in [4.69, 9.17) is 16.3 Å². The van der Waals surface area contributed by atoms with Gasteiger partial charge < -0.3 is 4.74 Å². The highest BCUT2D eigenvalue weighted by Gasteiger charge is 2.17. The summed E-state index contributed by atoms with van der Waals surface area (Å²) in [4.78, 5) is 6.48. The van der Waals surface area contributed by atoms with Crippen molar-refractivity contribution in [1.82, 2.24) is 9.88 Å². The Bertz CT molecular complexity index is 359. The minimum atomic E-state index is 0.619. The van der Waals surface area contributed by atoms with Gasteiger partial charge in [0.15, 0.2) is 0 Å². The smallest absolute Gasteiger partial charge is 0.139 e. The van der Waals surface area contributed by atoms with Crippen LogP contribution in [0.5, 0.6) is 5.75 Å². The van der Waals surface area contributed by atoms with Gasteiger partial charge in [-0.3, -0.25) is 9.88 Å². The summed E-state index contributed by atoms with van der Waals surface area (Å²) in [7, 11) is 0. The largest absolute Gasteiger partial charge is 0.491 e. The van der Waals surface area contributed by atoms with Crippen LogP contribution in [0.3, 0.4) is 0 Å². The van der Waals surface area contributed by atoms with Crippen molar-refractivity contribution in [3.05, 3.63) is 23.5 Å². The molecule has 0 bridgehead atoms. The van der Waals surface area contributed by atoms with Crippen LogP contribution in [0, 0.1) is 0 Å². The third-order valence-corrected chi connectivity index (χ3v) is 3.47. The van der Waals surface area contributed by atoms with E-state index in [1.165, 1.54) is 25.8 Å². The van der Waals surface area contributed by atoms with Gasteiger partial charge in [0.2, 0.25) is 0 Å². The van der Waals surface area contributed by atoms with Crippen molar-refractivity contribution in [2.24, 2.45) is 0 Å². The average Bonchev–Trinajstić information content (AvgIpc) is 2.32. The van der Waals surface area contributed by atoms with Gasteiger partial charge in [-0.2, -0.15) is 0 Å². The second-order valence-corrected chi connectivity index (χ2v) is 5.00. The van der Waals surface area contributed by atoms with E-state index < -0.39 is 0 Å². The number of likely N-dealkylation sites (tertiary alicyclic amines) is 1. The van der Waals surface area contributed by atoms with Crippen LogP contribution in [0.4, 0.5) is 0 Å². The van der Waals surface area contributed by atoms with Crippen LogP contribution in [0.2, 0.25) is 5.02 Å². The summed E-state index contributed by atoms with van der Waals surface area (Å²) in [6, 6.07) is 2.48. The maximum atomic E-state index is 5.84. The van der Waals surface area contributed by atoms with Crippen molar-refractivity contribution >= 4 is 11.6 Å². The van der Waals surface area contributed by atoms with Gasteiger partial charge in [-0.05, 0) is 26.3 Å². The van der Waals surface area contributed by atoms with Gasteiger partial charge in [0.1, 0.15) is 12.4 Å². The lowest BCUT2D eigenvalue weighted by molar-refractivity contribution is 0.133. The Labute approximate surface area is 108 Å². The topological polar surface area (TPSA) is 25.4 Å². The molecular weight excluding hydrogens is 236 g/mol. The number of piperidine rings is 1. The van der Waals surface area contributed by atoms with Crippen LogP contribution >= 0.6 is 11.6 Å². The normalized spacial score (nSPS) is 21.4. The molecule has 0 N–H and O–H groups in total. The first-order valence-corrected chi connectivity index (χ1v) is 6.61. The minimum Gasteiger partial charge on any atom is -0.491 e. The van der Waals surface area contributed by atoms with E-state index in [9.17, 15) is 0 Å². The quantitative estimate of drug-likeness (QED) is 0.826. The highest BCUT2D eigenvalue weighted by molar-refractivity contribution is 6.30. The van der Waals surface area contributed by atoms with Crippen LogP contribution in [0.25, 0.3) is 0 Å². The molecule has 1 aliphatic heterocycles. The Morgan fingerprint density at radius 2 is 2.35 bits per heavy atom. The standard InChI is InChI=1S/C13H19ClN2O/c1-11-4-2-3-5-16(11)6-7-17-13-8-12(14)9-15-10-13/h8-11H,2-7H2,1H3. The third kappa shape index (κ3) is 3.86. The number of nitrogens with zero attached hydrogens (tertiary/aromatic N) is 2.